The zero-order valence-electron chi connectivity index (χ0n) is 13.5. The molecule has 0 aromatic heterocycles. The van der Waals surface area contributed by atoms with Gasteiger partial charge >= 0.3 is 0 Å². The van der Waals surface area contributed by atoms with Crippen LogP contribution in [0.4, 0.5) is 0 Å². The molecule has 0 aromatic carbocycles. The molecular formula is C14H32N4S. The smallest absolute Gasteiger partial charge is 0.191 e. The van der Waals surface area contributed by atoms with Crippen molar-refractivity contribution in [2.75, 3.05) is 45.7 Å². The molecule has 114 valence electrons. The van der Waals surface area contributed by atoms with Gasteiger partial charge in [-0.1, -0.05) is 13.8 Å². The largest absolute Gasteiger partial charge is 0.357 e. The molecule has 0 heterocycles. The van der Waals surface area contributed by atoms with Crippen LogP contribution in [-0.2, 0) is 0 Å². The van der Waals surface area contributed by atoms with Crippen LogP contribution in [-0.4, -0.2) is 62.6 Å². The summed E-state index contributed by atoms with van der Waals surface area (Å²) in [6.07, 6.45) is 3.30. The van der Waals surface area contributed by atoms with Crippen LogP contribution in [0.15, 0.2) is 4.99 Å². The molecular weight excluding hydrogens is 256 g/mol. The Morgan fingerprint density at radius 2 is 1.95 bits per heavy atom. The zero-order chi connectivity index (χ0) is 14.7. The Kier molecular flexibility index (Phi) is 11.2. The molecule has 0 aliphatic carbocycles. The normalized spacial score (nSPS) is 14.0. The molecule has 0 amide bonds. The Hall–Kier alpha value is -0.420. The fourth-order valence-electron chi connectivity index (χ4n) is 1.80. The molecule has 0 fully saturated rings. The maximum absolute atomic E-state index is 4.70. The van der Waals surface area contributed by atoms with Gasteiger partial charge < -0.3 is 15.5 Å². The minimum Gasteiger partial charge on any atom is -0.357 e. The highest BCUT2D eigenvalue weighted by Gasteiger charge is 2.13. The maximum Gasteiger partial charge on any atom is 0.191 e. The summed E-state index contributed by atoms with van der Waals surface area (Å²) in [6.45, 7) is 9.35. The Morgan fingerprint density at radius 1 is 1.26 bits per heavy atom. The summed E-state index contributed by atoms with van der Waals surface area (Å²) in [4.78, 5) is 6.98. The third-order valence-corrected chi connectivity index (χ3v) is 3.49. The van der Waals surface area contributed by atoms with E-state index in [1.807, 2.05) is 11.8 Å². The van der Waals surface area contributed by atoms with Crippen LogP contribution in [0.1, 0.15) is 27.2 Å². The number of likely N-dealkylation sites (N-methyl/N-ethyl adjacent to an activating group) is 1. The van der Waals surface area contributed by atoms with Crippen LogP contribution in [0, 0.1) is 5.92 Å². The third kappa shape index (κ3) is 10.1. The van der Waals surface area contributed by atoms with E-state index in [1.165, 1.54) is 6.42 Å². The van der Waals surface area contributed by atoms with Crippen molar-refractivity contribution in [2.45, 2.75) is 33.2 Å². The molecule has 0 aliphatic heterocycles. The van der Waals surface area contributed by atoms with Crippen LogP contribution < -0.4 is 10.6 Å². The van der Waals surface area contributed by atoms with Crippen LogP contribution in [0.5, 0.6) is 0 Å². The predicted molar refractivity (Wildman–Crippen MR) is 89.3 cm³/mol. The van der Waals surface area contributed by atoms with E-state index in [4.69, 9.17) is 4.99 Å². The monoisotopic (exact) mass is 288 g/mol. The summed E-state index contributed by atoms with van der Waals surface area (Å²) in [5.41, 5.74) is 0. The lowest BCUT2D eigenvalue weighted by molar-refractivity contribution is 0.261. The minimum absolute atomic E-state index is 0.510. The van der Waals surface area contributed by atoms with Crippen molar-refractivity contribution >= 4 is 17.7 Å². The molecule has 5 heteroatoms. The van der Waals surface area contributed by atoms with Gasteiger partial charge in [0.2, 0.25) is 0 Å². The molecule has 0 saturated heterocycles. The molecule has 0 aliphatic rings. The summed E-state index contributed by atoms with van der Waals surface area (Å²) in [6, 6.07) is 0.510. The molecule has 2 N–H and O–H groups in total. The number of rotatable bonds is 9. The molecule has 0 radical (unpaired) electrons. The second-order valence-electron chi connectivity index (χ2n) is 5.39. The van der Waals surface area contributed by atoms with E-state index < -0.39 is 0 Å². The van der Waals surface area contributed by atoms with Crippen LogP contribution in [0.3, 0.4) is 0 Å². The number of guanidine groups is 1. The van der Waals surface area contributed by atoms with Gasteiger partial charge in [0.15, 0.2) is 5.96 Å². The van der Waals surface area contributed by atoms with E-state index in [1.54, 1.807) is 0 Å². The quantitative estimate of drug-likeness (QED) is 0.386. The number of aliphatic imine (C=N–C) groups is 1. The maximum atomic E-state index is 4.70. The fraction of sp³-hybridized carbons (Fsp3) is 0.929. The van der Waals surface area contributed by atoms with Gasteiger partial charge in [0.05, 0.1) is 6.54 Å². The second-order valence-corrected chi connectivity index (χ2v) is 6.37. The lowest BCUT2D eigenvalue weighted by Crippen LogP contribution is -2.40. The minimum atomic E-state index is 0.510. The van der Waals surface area contributed by atoms with Crippen molar-refractivity contribution in [3.05, 3.63) is 0 Å². The van der Waals surface area contributed by atoms with E-state index in [9.17, 15) is 0 Å². The van der Waals surface area contributed by atoms with Crippen molar-refractivity contribution in [3.8, 4) is 0 Å². The van der Waals surface area contributed by atoms with Gasteiger partial charge in [-0.15, -0.1) is 0 Å². The molecule has 0 rings (SSSR count). The van der Waals surface area contributed by atoms with Crippen LogP contribution in [0.25, 0.3) is 0 Å². The summed E-state index contributed by atoms with van der Waals surface area (Å²) in [5, 5.41) is 6.67. The number of thioether (sulfide) groups is 1. The zero-order valence-corrected chi connectivity index (χ0v) is 14.3. The first-order chi connectivity index (χ1) is 9.01. The highest BCUT2D eigenvalue weighted by molar-refractivity contribution is 7.98. The molecule has 19 heavy (non-hydrogen) atoms. The first-order valence-corrected chi connectivity index (χ1v) is 8.58. The van der Waals surface area contributed by atoms with Gasteiger partial charge in [0, 0.05) is 24.9 Å². The Labute approximate surface area is 123 Å². The number of nitrogens with one attached hydrogen (secondary N) is 2. The summed E-state index contributed by atoms with van der Waals surface area (Å²) in [7, 11) is 4.27. The second kappa shape index (κ2) is 11.4. The molecule has 0 aromatic rings. The predicted octanol–water partition coefficient (Wildman–Crippen LogP) is 1.88. The van der Waals surface area contributed by atoms with Crippen molar-refractivity contribution in [2.24, 2.45) is 10.9 Å². The average Bonchev–Trinajstić information content (AvgIpc) is 2.33. The lowest BCUT2D eigenvalue weighted by atomic mass is 10.0. The highest BCUT2D eigenvalue weighted by atomic mass is 32.2. The van der Waals surface area contributed by atoms with Crippen LogP contribution >= 0.6 is 11.8 Å². The Balaban J connectivity index is 4.36. The van der Waals surface area contributed by atoms with E-state index in [0.717, 1.165) is 31.3 Å². The van der Waals surface area contributed by atoms with Gasteiger partial charge in [-0.25, -0.2) is 0 Å². The number of hydrogen-bond acceptors (Lipinski definition) is 3. The molecule has 0 bridgehead atoms. The summed E-state index contributed by atoms with van der Waals surface area (Å²) < 4.78 is 0. The van der Waals surface area contributed by atoms with Gasteiger partial charge in [0.25, 0.3) is 0 Å². The molecule has 4 nitrogen and oxygen atoms in total. The SMILES string of the molecule is CCNC(=NCC(CC(C)C)N(C)C)NCCSC. The van der Waals surface area contributed by atoms with E-state index in [-0.39, 0.29) is 0 Å². The lowest BCUT2D eigenvalue weighted by Gasteiger charge is -2.24. The van der Waals surface area contributed by atoms with E-state index >= 15 is 0 Å². The van der Waals surface area contributed by atoms with E-state index in [2.05, 4.69) is 56.7 Å². The van der Waals surface area contributed by atoms with Crippen molar-refractivity contribution in [1.29, 1.82) is 0 Å². The number of nitrogens with zero attached hydrogens (tertiary/aromatic N) is 2. The van der Waals surface area contributed by atoms with Gasteiger partial charge in [0.1, 0.15) is 0 Å². The first-order valence-electron chi connectivity index (χ1n) is 7.18. The van der Waals surface area contributed by atoms with E-state index in [0.29, 0.717) is 12.0 Å². The van der Waals surface area contributed by atoms with Gasteiger partial charge in [-0.2, -0.15) is 11.8 Å². The van der Waals surface area contributed by atoms with Crippen LogP contribution in [0.2, 0.25) is 0 Å². The molecule has 1 unspecified atom stereocenters. The van der Waals surface area contributed by atoms with Crippen molar-refractivity contribution < 1.29 is 0 Å². The van der Waals surface area contributed by atoms with Gasteiger partial charge in [-0.3, -0.25) is 4.99 Å². The Bertz CT molecular complexity index is 242. The third-order valence-electron chi connectivity index (χ3n) is 2.88. The molecule has 1 atom stereocenters. The number of hydrogen-bond donors (Lipinski definition) is 2. The van der Waals surface area contributed by atoms with Crippen molar-refractivity contribution in [3.63, 3.8) is 0 Å². The average molecular weight is 289 g/mol. The summed E-state index contributed by atoms with van der Waals surface area (Å²) >= 11 is 1.85. The first kappa shape index (κ1) is 18.6. The highest BCUT2D eigenvalue weighted by Crippen LogP contribution is 2.09. The Morgan fingerprint density at radius 3 is 2.42 bits per heavy atom. The van der Waals surface area contributed by atoms with Gasteiger partial charge in [-0.05, 0) is 39.6 Å². The fourth-order valence-corrected chi connectivity index (χ4v) is 2.11. The summed E-state index contributed by atoms with van der Waals surface area (Å²) in [5.74, 6) is 2.75. The molecule has 0 saturated carbocycles. The molecule has 0 spiro atoms. The standard InChI is InChI=1S/C14H32N4S/c1-7-15-14(16-8-9-19-6)17-11-13(18(4)5)10-12(2)3/h12-13H,7-11H2,1-6H3,(H2,15,16,17). The van der Waals surface area contributed by atoms with Crippen molar-refractivity contribution in [1.82, 2.24) is 15.5 Å². The topological polar surface area (TPSA) is 39.7 Å².